The Bertz CT molecular complexity index is 846. The van der Waals surface area contributed by atoms with Crippen LogP contribution in [0.5, 0.6) is 11.5 Å². The zero-order chi connectivity index (χ0) is 19.4. The van der Waals surface area contributed by atoms with Crippen LogP contribution in [-0.4, -0.2) is 26.4 Å². The van der Waals surface area contributed by atoms with Gasteiger partial charge in [-0.25, -0.2) is 9.11 Å². The fraction of sp³-hybridized carbons (Fsp3) is 0.267. The van der Waals surface area contributed by atoms with E-state index in [0.29, 0.717) is 0 Å². The van der Waals surface area contributed by atoms with E-state index in [1.54, 1.807) is 0 Å². The number of benzene rings is 1. The first-order chi connectivity index (χ1) is 12.2. The molecule has 0 aliphatic carbocycles. The summed E-state index contributed by atoms with van der Waals surface area (Å²) in [6, 6.07) is 3.76. The van der Waals surface area contributed by atoms with Crippen molar-refractivity contribution < 1.29 is 32.2 Å². The molecule has 0 spiro atoms. The number of aromatic hydroxyl groups is 1. The molecule has 7 nitrogen and oxygen atoms in total. The Labute approximate surface area is 164 Å². The summed E-state index contributed by atoms with van der Waals surface area (Å²) in [4.78, 5) is 10.7. The largest absolute Gasteiger partial charge is 0.760 e. The number of ether oxygens (including phenoxy) is 1. The van der Waals surface area contributed by atoms with Crippen LogP contribution in [0.15, 0.2) is 22.6 Å². The van der Waals surface area contributed by atoms with Gasteiger partial charge in [0.25, 0.3) is 0 Å². The molecular formula is C15H13BrClFNO6S-. The highest BCUT2D eigenvalue weighted by molar-refractivity contribution is 9.09. The summed E-state index contributed by atoms with van der Waals surface area (Å²) in [6.07, 6.45) is 0.206. The summed E-state index contributed by atoms with van der Waals surface area (Å²) in [5.41, 5.74) is -0.0787. The maximum Gasteiger partial charge on any atom is 0.308 e. The van der Waals surface area contributed by atoms with Crippen LogP contribution in [-0.2, 0) is 16.1 Å². The van der Waals surface area contributed by atoms with Crippen molar-refractivity contribution in [1.82, 2.24) is 4.72 Å². The van der Waals surface area contributed by atoms with Gasteiger partial charge >= 0.3 is 5.97 Å². The first-order valence-electron chi connectivity index (χ1n) is 7.17. The molecule has 0 fully saturated rings. The lowest BCUT2D eigenvalue weighted by molar-refractivity contribution is -0.132. The third-order valence-corrected chi connectivity index (χ3v) is 4.74. The van der Waals surface area contributed by atoms with Gasteiger partial charge in [0.1, 0.15) is 5.82 Å². The van der Waals surface area contributed by atoms with E-state index in [1.807, 2.05) is 0 Å². The van der Waals surface area contributed by atoms with Crippen LogP contribution in [0.1, 0.15) is 23.9 Å². The minimum atomic E-state index is -2.44. The average molecular weight is 470 g/mol. The van der Waals surface area contributed by atoms with Crippen LogP contribution in [0, 0.1) is 5.82 Å². The number of carbonyl (C=O) groups is 1. The second-order valence-electron chi connectivity index (χ2n) is 5.08. The summed E-state index contributed by atoms with van der Waals surface area (Å²) < 4.78 is 47.9. The van der Waals surface area contributed by atoms with Crippen molar-refractivity contribution in [1.29, 1.82) is 0 Å². The van der Waals surface area contributed by atoms with Gasteiger partial charge in [-0.2, -0.15) is 0 Å². The topological polar surface area (TPSA) is 112 Å². The van der Waals surface area contributed by atoms with Gasteiger partial charge in [0.15, 0.2) is 11.5 Å². The molecule has 1 heterocycles. The van der Waals surface area contributed by atoms with Gasteiger partial charge in [0.05, 0.1) is 10.4 Å². The van der Waals surface area contributed by atoms with Crippen LogP contribution in [0.25, 0.3) is 11.3 Å². The maximum absolute atomic E-state index is 14.2. The summed E-state index contributed by atoms with van der Waals surface area (Å²) in [6.45, 7) is 1.18. The molecule has 26 heavy (non-hydrogen) atoms. The predicted octanol–water partition coefficient (Wildman–Crippen LogP) is 3.58. The van der Waals surface area contributed by atoms with Crippen molar-refractivity contribution in [2.75, 3.05) is 6.54 Å². The predicted molar refractivity (Wildman–Crippen MR) is 95.3 cm³/mol. The van der Waals surface area contributed by atoms with Gasteiger partial charge < -0.3 is 18.8 Å². The average Bonchev–Trinajstić information content (AvgIpc) is 2.84. The van der Waals surface area contributed by atoms with E-state index in [9.17, 15) is 23.1 Å². The molecule has 1 aromatic heterocycles. The van der Waals surface area contributed by atoms with Crippen molar-refractivity contribution in [2.45, 2.75) is 18.2 Å². The highest BCUT2D eigenvalue weighted by Crippen LogP contribution is 2.48. The molecule has 0 saturated heterocycles. The van der Waals surface area contributed by atoms with Crippen molar-refractivity contribution in [3.63, 3.8) is 0 Å². The van der Waals surface area contributed by atoms with Gasteiger partial charge in [-0.15, -0.1) is 0 Å². The molecule has 0 saturated carbocycles. The Balaban J connectivity index is 2.43. The fourth-order valence-electron chi connectivity index (χ4n) is 2.13. The molecule has 2 atom stereocenters. The molecule has 11 heteroatoms. The first-order valence-corrected chi connectivity index (χ1v) is 9.53. The number of rotatable bonds is 7. The Kier molecular flexibility index (Phi) is 7.18. The van der Waals surface area contributed by atoms with Gasteiger partial charge in [-0.3, -0.25) is 9.00 Å². The number of alkyl halides is 1. The van der Waals surface area contributed by atoms with E-state index in [-0.39, 0.29) is 40.8 Å². The molecular weight excluding hydrogens is 457 g/mol. The van der Waals surface area contributed by atoms with Gasteiger partial charge in [-0.05, 0) is 24.6 Å². The number of furan rings is 1. The van der Waals surface area contributed by atoms with E-state index in [0.717, 1.165) is 13.0 Å². The van der Waals surface area contributed by atoms with Crippen LogP contribution in [0.4, 0.5) is 4.39 Å². The molecule has 0 bridgehead atoms. The van der Waals surface area contributed by atoms with Gasteiger partial charge in [-0.1, -0.05) is 27.5 Å². The van der Waals surface area contributed by atoms with Crippen molar-refractivity contribution in [3.8, 4) is 22.8 Å². The zero-order valence-electron chi connectivity index (χ0n) is 13.3. The third kappa shape index (κ3) is 5.04. The van der Waals surface area contributed by atoms with E-state index in [2.05, 4.69) is 20.7 Å². The number of carbonyl (C=O) groups excluding carboxylic acids is 1. The molecule has 0 aliphatic heterocycles. The molecule has 0 aliphatic rings. The highest BCUT2D eigenvalue weighted by Gasteiger charge is 2.29. The normalized spacial score (nSPS) is 13.4. The van der Waals surface area contributed by atoms with Crippen LogP contribution < -0.4 is 9.46 Å². The van der Waals surface area contributed by atoms with E-state index >= 15 is 0 Å². The lowest BCUT2D eigenvalue weighted by Crippen LogP contribution is -2.18. The smallest absolute Gasteiger partial charge is 0.308 e. The molecule has 0 radical (unpaired) electrons. The second-order valence-corrected chi connectivity index (χ2v) is 7.38. The summed E-state index contributed by atoms with van der Waals surface area (Å²) in [5.74, 6) is -2.51. The molecule has 2 rings (SSSR count). The Morgan fingerprint density at radius 1 is 1.58 bits per heavy atom. The Morgan fingerprint density at radius 2 is 2.27 bits per heavy atom. The highest BCUT2D eigenvalue weighted by atomic mass is 79.9. The number of hydrogen-bond donors (Lipinski definition) is 2. The molecule has 2 N–H and O–H groups in total. The van der Waals surface area contributed by atoms with Crippen molar-refractivity contribution in [3.05, 3.63) is 34.8 Å². The fourth-order valence-corrected chi connectivity index (χ4v) is 3.10. The minimum absolute atomic E-state index is 0.0144. The second kappa shape index (κ2) is 8.96. The molecule has 142 valence electrons. The first kappa shape index (κ1) is 20.8. The standard InChI is InChI=1S/C15H14BrClFNO6S/c1-7(20)24-15-12(21)13(9-3-2-8(17)6-11(9)18)25-14(15)10(16)4-5-19-26(22)23/h2-3,6,10,19,21H,4-5H2,1H3,(H,22,23)/p-1. The van der Waals surface area contributed by atoms with Gasteiger partial charge in [0, 0.05) is 29.8 Å². The lowest BCUT2D eigenvalue weighted by atomic mass is 10.1. The lowest BCUT2D eigenvalue weighted by Gasteiger charge is -2.11. The molecule has 0 amide bonds. The van der Waals surface area contributed by atoms with E-state index in [4.69, 9.17) is 20.8 Å². The van der Waals surface area contributed by atoms with E-state index < -0.39 is 33.6 Å². The Hall–Kier alpha value is -1.46. The number of esters is 1. The quantitative estimate of drug-likeness (QED) is 0.364. The van der Waals surface area contributed by atoms with Crippen molar-refractivity contribution in [2.24, 2.45) is 0 Å². The molecule has 2 unspecified atom stereocenters. The van der Waals surface area contributed by atoms with Crippen LogP contribution in [0.3, 0.4) is 0 Å². The Morgan fingerprint density at radius 3 is 2.85 bits per heavy atom. The van der Waals surface area contributed by atoms with Crippen molar-refractivity contribution >= 4 is 44.8 Å². The number of nitrogens with one attached hydrogen (secondary N) is 1. The van der Waals surface area contributed by atoms with Crippen LogP contribution >= 0.6 is 27.5 Å². The van der Waals surface area contributed by atoms with E-state index in [1.165, 1.54) is 12.1 Å². The molecule has 2 aromatic rings. The molecule has 1 aromatic carbocycles. The summed E-state index contributed by atoms with van der Waals surface area (Å²) in [5, 5.41) is 10.5. The summed E-state index contributed by atoms with van der Waals surface area (Å²) in [7, 11) is 0. The SMILES string of the molecule is CC(=O)Oc1c(C(Br)CCNS(=O)[O-])oc(-c2ccc(Cl)cc2F)c1O. The maximum atomic E-state index is 14.2. The van der Waals surface area contributed by atoms with Gasteiger partial charge in [0.2, 0.25) is 11.5 Å². The van der Waals surface area contributed by atoms with Crippen LogP contribution in [0.2, 0.25) is 5.02 Å². The zero-order valence-corrected chi connectivity index (χ0v) is 16.4. The third-order valence-electron chi connectivity index (χ3n) is 3.19. The number of halogens is 3. The monoisotopic (exact) mass is 468 g/mol. The number of hydrogen-bond acceptors (Lipinski definition) is 6. The summed E-state index contributed by atoms with van der Waals surface area (Å²) >= 11 is 6.56. The minimum Gasteiger partial charge on any atom is -0.760 e.